The molecule has 0 radical (unpaired) electrons. The minimum atomic E-state index is 0.0976. The molecule has 0 bridgehead atoms. The van der Waals surface area contributed by atoms with Crippen LogP contribution in [0.1, 0.15) is 25.7 Å². The number of likely N-dealkylation sites (tertiary alicyclic amines) is 1. The lowest BCUT2D eigenvalue weighted by atomic mass is 9.97. The Morgan fingerprint density at radius 2 is 2.19 bits per heavy atom. The van der Waals surface area contributed by atoms with E-state index in [0.717, 1.165) is 32.1 Å². The molecule has 2 rings (SSSR count). The minimum Gasteiger partial charge on any atom is -0.341 e. The molecule has 0 aromatic heterocycles. The van der Waals surface area contributed by atoms with Crippen LogP contribution in [-0.4, -0.2) is 54.3 Å². The first-order chi connectivity index (χ1) is 7.70. The second-order valence-electron chi connectivity index (χ2n) is 5.15. The van der Waals surface area contributed by atoms with E-state index in [-0.39, 0.29) is 11.8 Å². The zero-order valence-electron chi connectivity index (χ0n) is 9.99. The second kappa shape index (κ2) is 5.37. The van der Waals surface area contributed by atoms with Crippen LogP contribution in [-0.2, 0) is 4.79 Å². The van der Waals surface area contributed by atoms with Gasteiger partial charge in [0.2, 0.25) is 5.91 Å². The van der Waals surface area contributed by atoms with Crippen LogP contribution in [0.5, 0.6) is 0 Å². The van der Waals surface area contributed by atoms with Crippen LogP contribution >= 0.6 is 11.6 Å². The summed E-state index contributed by atoms with van der Waals surface area (Å²) < 4.78 is 0. The summed E-state index contributed by atoms with van der Waals surface area (Å²) in [5, 5.41) is 0. The number of hydrogen-bond acceptors (Lipinski definition) is 2. The van der Waals surface area contributed by atoms with Crippen molar-refractivity contribution >= 4 is 17.5 Å². The lowest BCUT2D eigenvalue weighted by molar-refractivity contribution is -0.130. The quantitative estimate of drug-likeness (QED) is 0.701. The highest BCUT2D eigenvalue weighted by Gasteiger charge is 2.30. The van der Waals surface area contributed by atoms with Crippen molar-refractivity contribution in [2.45, 2.75) is 31.7 Å². The van der Waals surface area contributed by atoms with Gasteiger partial charge in [-0.05, 0) is 38.6 Å². The highest BCUT2D eigenvalue weighted by Crippen LogP contribution is 2.27. The molecule has 1 heterocycles. The van der Waals surface area contributed by atoms with Crippen molar-refractivity contribution in [3.63, 3.8) is 0 Å². The molecule has 1 atom stereocenters. The largest absolute Gasteiger partial charge is 0.341 e. The maximum Gasteiger partial charge on any atom is 0.237 e. The summed E-state index contributed by atoms with van der Waals surface area (Å²) in [6.45, 7) is 2.94. The standard InChI is InChI=1S/C12H21ClN2O/c1-14(11-4-5-11)8-10-3-2-6-15(9-10)12(16)7-13/h10-11H,2-9H2,1H3/t10-/m0/s1. The molecule has 0 aromatic carbocycles. The van der Waals surface area contributed by atoms with Gasteiger partial charge in [0.25, 0.3) is 0 Å². The summed E-state index contributed by atoms with van der Waals surface area (Å²) in [6, 6.07) is 0.819. The molecule has 1 aliphatic heterocycles. The fraction of sp³-hybridized carbons (Fsp3) is 0.917. The maximum atomic E-state index is 11.5. The minimum absolute atomic E-state index is 0.0976. The van der Waals surface area contributed by atoms with Crippen LogP contribution in [0, 0.1) is 5.92 Å². The van der Waals surface area contributed by atoms with Gasteiger partial charge >= 0.3 is 0 Å². The van der Waals surface area contributed by atoms with E-state index < -0.39 is 0 Å². The van der Waals surface area contributed by atoms with Crippen LogP contribution in [0.2, 0.25) is 0 Å². The first-order valence-electron chi connectivity index (χ1n) is 6.24. The molecular formula is C12H21ClN2O. The predicted octanol–water partition coefficient (Wildman–Crippen LogP) is 1.56. The van der Waals surface area contributed by atoms with Crippen molar-refractivity contribution in [1.29, 1.82) is 0 Å². The third-order valence-corrected chi connectivity index (χ3v) is 3.93. The van der Waals surface area contributed by atoms with Crippen LogP contribution in [0.15, 0.2) is 0 Å². The van der Waals surface area contributed by atoms with Crippen molar-refractivity contribution in [3.8, 4) is 0 Å². The van der Waals surface area contributed by atoms with Gasteiger partial charge in [0.1, 0.15) is 5.88 Å². The molecule has 16 heavy (non-hydrogen) atoms. The third kappa shape index (κ3) is 3.11. The molecule has 4 heteroatoms. The summed E-state index contributed by atoms with van der Waals surface area (Å²) in [7, 11) is 2.21. The zero-order valence-corrected chi connectivity index (χ0v) is 10.7. The molecule has 2 aliphatic rings. The number of carbonyl (C=O) groups is 1. The Balaban J connectivity index is 1.79. The molecule has 0 aromatic rings. The highest BCUT2D eigenvalue weighted by atomic mass is 35.5. The van der Waals surface area contributed by atoms with Gasteiger partial charge in [-0.2, -0.15) is 0 Å². The highest BCUT2D eigenvalue weighted by molar-refractivity contribution is 6.27. The van der Waals surface area contributed by atoms with Gasteiger partial charge in [0.05, 0.1) is 0 Å². The molecule has 1 saturated heterocycles. The topological polar surface area (TPSA) is 23.6 Å². The number of rotatable bonds is 4. The molecule has 1 saturated carbocycles. The normalized spacial score (nSPS) is 26.2. The molecule has 1 aliphatic carbocycles. The first kappa shape index (κ1) is 12.2. The van der Waals surface area contributed by atoms with Crippen molar-refractivity contribution in [3.05, 3.63) is 0 Å². The summed E-state index contributed by atoms with van der Waals surface area (Å²) in [4.78, 5) is 15.9. The van der Waals surface area contributed by atoms with E-state index >= 15 is 0 Å². The molecule has 0 N–H and O–H groups in total. The first-order valence-corrected chi connectivity index (χ1v) is 6.78. The number of carbonyl (C=O) groups excluding carboxylic acids is 1. The van der Waals surface area contributed by atoms with E-state index in [0.29, 0.717) is 5.92 Å². The fourth-order valence-corrected chi connectivity index (χ4v) is 2.77. The lowest BCUT2D eigenvalue weighted by Crippen LogP contribution is -2.44. The number of halogens is 1. The predicted molar refractivity (Wildman–Crippen MR) is 65.7 cm³/mol. The van der Waals surface area contributed by atoms with E-state index in [4.69, 9.17) is 11.6 Å². The smallest absolute Gasteiger partial charge is 0.237 e. The molecule has 92 valence electrons. The fourth-order valence-electron chi connectivity index (χ4n) is 2.60. The number of piperidine rings is 1. The SMILES string of the molecule is CN(C[C@@H]1CCCN(C(=O)CCl)C1)C1CC1. The second-order valence-corrected chi connectivity index (χ2v) is 5.42. The number of alkyl halides is 1. The lowest BCUT2D eigenvalue weighted by Gasteiger charge is -2.34. The monoisotopic (exact) mass is 244 g/mol. The third-order valence-electron chi connectivity index (χ3n) is 3.70. The van der Waals surface area contributed by atoms with Gasteiger partial charge in [0, 0.05) is 25.7 Å². The molecule has 2 fully saturated rings. The Hall–Kier alpha value is -0.280. The number of hydrogen-bond donors (Lipinski definition) is 0. The molecule has 0 unspecified atom stereocenters. The average Bonchev–Trinajstić information content (AvgIpc) is 3.12. The van der Waals surface area contributed by atoms with Crippen molar-refractivity contribution < 1.29 is 4.79 Å². The van der Waals surface area contributed by atoms with E-state index in [2.05, 4.69) is 11.9 Å². The number of nitrogens with zero attached hydrogens (tertiary/aromatic N) is 2. The summed E-state index contributed by atoms with van der Waals surface area (Å²) in [5.74, 6) is 0.873. The van der Waals surface area contributed by atoms with Gasteiger partial charge in [-0.1, -0.05) is 0 Å². The zero-order chi connectivity index (χ0) is 11.5. The van der Waals surface area contributed by atoms with E-state index in [1.807, 2.05) is 4.90 Å². The van der Waals surface area contributed by atoms with Crippen LogP contribution in [0.4, 0.5) is 0 Å². The van der Waals surface area contributed by atoms with Crippen LogP contribution < -0.4 is 0 Å². The maximum absolute atomic E-state index is 11.5. The summed E-state index contributed by atoms with van der Waals surface area (Å²) in [6.07, 6.45) is 5.09. The Bertz CT molecular complexity index is 255. The molecule has 1 amide bonds. The Kier molecular flexibility index (Phi) is 4.09. The van der Waals surface area contributed by atoms with Gasteiger partial charge in [-0.15, -0.1) is 11.6 Å². The molecule has 0 spiro atoms. The summed E-state index contributed by atoms with van der Waals surface area (Å²) >= 11 is 5.60. The van der Waals surface area contributed by atoms with Crippen molar-refractivity contribution in [1.82, 2.24) is 9.80 Å². The van der Waals surface area contributed by atoms with E-state index in [1.165, 1.54) is 19.3 Å². The average molecular weight is 245 g/mol. The Labute approximate surface area is 103 Å². The molecular weight excluding hydrogens is 224 g/mol. The van der Waals surface area contributed by atoms with E-state index in [1.54, 1.807) is 0 Å². The van der Waals surface area contributed by atoms with Gasteiger partial charge < -0.3 is 9.80 Å². The van der Waals surface area contributed by atoms with Crippen LogP contribution in [0.25, 0.3) is 0 Å². The Morgan fingerprint density at radius 3 is 2.81 bits per heavy atom. The van der Waals surface area contributed by atoms with Gasteiger partial charge in [0.15, 0.2) is 0 Å². The van der Waals surface area contributed by atoms with Crippen LogP contribution in [0.3, 0.4) is 0 Å². The van der Waals surface area contributed by atoms with Gasteiger partial charge in [-0.25, -0.2) is 0 Å². The summed E-state index contributed by atoms with van der Waals surface area (Å²) in [5.41, 5.74) is 0. The number of amides is 1. The van der Waals surface area contributed by atoms with Crippen molar-refractivity contribution in [2.75, 3.05) is 32.6 Å². The molecule has 3 nitrogen and oxygen atoms in total. The van der Waals surface area contributed by atoms with Gasteiger partial charge in [-0.3, -0.25) is 4.79 Å². The van der Waals surface area contributed by atoms with Crippen molar-refractivity contribution in [2.24, 2.45) is 5.92 Å². The Morgan fingerprint density at radius 1 is 1.44 bits per heavy atom. The van der Waals surface area contributed by atoms with E-state index in [9.17, 15) is 4.79 Å².